The topological polar surface area (TPSA) is 32.3 Å². The standard InChI is InChI=1S/C19H19F3N2O/c20-19(21,22)15-8-6-14(7-9-15)12-24(17-10-11-17)13-18(25)23-16-4-2-1-3-5-16/h1-9,17H,10-13H2,(H,23,25). The van der Waals surface area contributed by atoms with Gasteiger partial charge in [-0.3, -0.25) is 9.69 Å². The zero-order chi connectivity index (χ0) is 17.9. The lowest BCUT2D eigenvalue weighted by Crippen LogP contribution is -2.34. The van der Waals surface area contributed by atoms with Crippen molar-refractivity contribution in [2.24, 2.45) is 0 Å². The zero-order valence-corrected chi connectivity index (χ0v) is 13.6. The second-order valence-corrected chi connectivity index (χ2v) is 6.25. The number of carbonyl (C=O) groups is 1. The summed E-state index contributed by atoms with van der Waals surface area (Å²) in [5, 5.41) is 2.84. The first kappa shape index (κ1) is 17.5. The molecule has 0 atom stereocenters. The van der Waals surface area contributed by atoms with Gasteiger partial charge in [-0.2, -0.15) is 13.2 Å². The highest BCUT2D eigenvalue weighted by atomic mass is 19.4. The third-order valence-electron chi connectivity index (χ3n) is 4.13. The Morgan fingerprint density at radius 1 is 1.04 bits per heavy atom. The summed E-state index contributed by atoms with van der Waals surface area (Å²) in [6.07, 6.45) is -2.30. The number of rotatable bonds is 6. The smallest absolute Gasteiger partial charge is 0.325 e. The Morgan fingerprint density at radius 2 is 1.68 bits per heavy atom. The SMILES string of the molecule is O=C(CN(Cc1ccc(C(F)(F)F)cc1)C1CC1)Nc1ccccc1. The maximum atomic E-state index is 12.6. The van der Waals surface area contributed by atoms with Crippen molar-refractivity contribution in [3.8, 4) is 0 Å². The molecule has 3 rings (SSSR count). The van der Waals surface area contributed by atoms with Gasteiger partial charge in [0.2, 0.25) is 5.91 Å². The van der Waals surface area contributed by atoms with Crippen LogP contribution < -0.4 is 5.32 Å². The zero-order valence-electron chi connectivity index (χ0n) is 13.6. The van der Waals surface area contributed by atoms with Crippen LogP contribution in [0.5, 0.6) is 0 Å². The van der Waals surface area contributed by atoms with Crippen molar-refractivity contribution in [3.05, 3.63) is 65.7 Å². The average Bonchev–Trinajstić information content (AvgIpc) is 3.40. The molecule has 132 valence electrons. The van der Waals surface area contributed by atoms with Crippen molar-refractivity contribution in [1.82, 2.24) is 4.90 Å². The second-order valence-electron chi connectivity index (χ2n) is 6.25. The molecule has 0 unspecified atom stereocenters. The summed E-state index contributed by atoms with van der Waals surface area (Å²) in [5.74, 6) is -0.120. The predicted octanol–water partition coefficient (Wildman–Crippen LogP) is 4.31. The van der Waals surface area contributed by atoms with E-state index in [9.17, 15) is 18.0 Å². The quantitative estimate of drug-likeness (QED) is 0.844. The molecule has 6 heteroatoms. The summed E-state index contributed by atoms with van der Waals surface area (Å²) in [6, 6.07) is 14.6. The maximum absolute atomic E-state index is 12.6. The van der Waals surface area contributed by atoms with Gasteiger partial charge in [0.1, 0.15) is 0 Å². The number of nitrogens with zero attached hydrogens (tertiary/aromatic N) is 1. The van der Waals surface area contributed by atoms with Gasteiger partial charge in [-0.25, -0.2) is 0 Å². The van der Waals surface area contributed by atoms with E-state index in [4.69, 9.17) is 0 Å². The summed E-state index contributed by atoms with van der Waals surface area (Å²) in [6.45, 7) is 0.686. The number of para-hydroxylation sites is 1. The minimum atomic E-state index is -4.33. The van der Waals surface area contributed by atoms with E-state index in [1.54, 1.807) is 0 Å². The fourth-order valence-corrected chi connectivity index (χ4v) is 2.69. The molecule has 0 aliphatic heterocycles. The van der Waals surface area contributed by atoms with Crippen LogP contribution in [0.2, 0.25) is 0 Å². The van der Waals surface area contributed by atoms with Gasteiger partial charge >= 0.3 is 6.18 Å². The summed E-state index contributed by atoms with van der Waals surface area (Å²) in [7, 11) is 0. The van der Waals surface area contributed by atoms with Crippen molar-refractivity contribution in [2.75, 3.05) is 11.9 Å². The van der Waals surface area contributed by atoms with Crippen LogP contribution in [0.3, 0.4) is 0 Å². The van der Waals surface area contributed by atoms with Crippen LogP contribution in [0.15, 0.2) is 54.6 Å². The Hall–Kier alpha value is -2.34. The third kappa shape index (κ3) is 5.06. The lowest BCUT2D eigenvalue weighted by Gasteiger charge is -2.21. The highest BCUT2D eigenvalue weighted by molar-refractivity contribution is 5.92. The number of halogens is 3. The number of anilines is 1. The average molecular weight is 348 g/mol. The third-order valence-corrected chi connectivity index (χ3v) is 4.13. The Balaban J connectivity index is 1.61. The van der Waals surface area contributed by atoms with E-state index in [2.05, 4.69) is 5.32 Å². The van der Waals surface area contributed by atoms with Gasteiger partial charge in [0, 0.05) is 18.3 Å². The van der Waals surface area contributed by atoms with E-state index >= 15 is 0 Å². The Kier molecular flexibility index (Phi) is 5.08. The van der Waals surface area contributed by atoms with Crippen LogP contribution in [0.1, 0.15) is 24.0 Å². The van der Waals surface area contributed by atoms with Crippen LogP contribution in [0.25, 0.3) is 0 Å². The summed E-state index contributed by atoms with van der Waals surface area (Å²) < 4.78 is 37.9. The summed E-state index contributed by atoms with van der Waals surface area (Å²) >= 11 is 0. The largest absolute Gasteiger partial charge is 0.416 e. The summed E-state index contributed by atoms with van der Waals surface area (Å²) in [5.41, 5.74) is 0.848. The minimum Gasteiger partial charge on any atom is -0.325 e. The molecule has 1 N–H and O–H groups in total. The highest BCUT2D eigenvalue weighted by Gasteiger charge is 2.32. The fraction of sp³-hybridized carbons (Fsp3) is 0.316. The molecule has 2 aromatic rings. The minimum absolute atomic E-state index is 0.120. The molecular formula is C19H19F3N2O. The molecule has 1 amide bonds. The molecule has 2 aromatic carbocycles. The first-order chi connectivity index (χ1) is 11.9. The molecule has 1 fully saturated rings. The molecular weight excluding hydrogens is 329 g/mol. The molecule has 0 saturated heterocycles. The van der Waals surface area contributed by atoms with Gasteiger partial charge in [0.15, 0.2) is 0 Å². The predicted molar refractivity (Wildman–Crippen MR) is 89.9 cm³/mol. The molecule has 25 heavy (non-hydrogen) atoms. The van der Waals surface area contributed by atoms with Gasteiger partial charge in [-0.1, -0.05) is 30.3 Å². The molecule has 1 saturated carbocycles. The second kappa shape index (κ2) is 7.27. The first-order valence-electron chi connectivity index (χ1n) is 8.17. The van der Waals surface area contributed by atoms with Crippen molar-refractivity contribution in [2.45, 2.75) is 31.6 Å². The number of amides is 1. The van der Waals surface area contributed by atoms with E-state index in [0.717, 1.165) is 36.2 Å². The van der Waals surface area contributed by atoms with Crippen LogP contribution in [-0.4, -0.2) is 23.4 Å². The van der Waals surface area contributed by atoms with Crippen molar-refractivity contribution < 1.29 is 18.0 Å². The van der Waals surface area contributed by atoms with E-state index in [1.807, 2.05) is 35.2 Å². The van der Waals surface area contributed by atoms with E-state index < -0.39 is 11.7 Å². The van der Waals surface area contributed by atoms with Crippen molar-refractivity contribution in [1.29, 1.82) is 0 Å². The van der Waals surface area contributed by atoms with Crippen molar-refractivity contribution in [3.63, 3.8) is 0 Å². The van der Waals surface area contributed by atoms with E-state index in [1.165, 1.54) is 12.1 Å². The molecule has 0 heterocycles. The van der Waals surface area contributed by atoms with Crippen molar-refractivity contribution >= 4 is 11.6 Å². The number of hydrogen-bond donors (Lipinski definition) is 1. The molecule has 3 nitrogen and oxygen atoms in total. The first-order valence-corrected chi connectivity index (χ1v) is 8.17. The lowest BCUT2D eigenvalue weighted by molar-refractivity contribution is -0.137. The number of hydrogen-bond acceptors (Lipinski definition) is 2. The van der Waals surface area contributed by atoms with Crippen LogP contribution in [0, 0.1) is 0 Å². The van der Waals surface area contributed by atoms with Crippen LogP contribution in [-0.2, 0) is 17.5 Å². The number of carbonyl (C=O) groups excluding carboxylic acids is 1. The molecule has 0 radical (unpaired) electrons. The van der Waals surface area contributed by atoms with Gasteiger partial charge in [0.25, 0.3) is 0 Å². The lowest BCUT2D eigenvalue weighted by atomic mass is 10.1. The fourth-order valence-electron chi connectivity index (χ4n) is 2.69. The highest BCUT2D eigenvalue weighted by Crippen LogP contribution is 2.31. The van der Waals surface area contributed by atoms with E-state index in [-0.39, 0.29) is 12.5 Å². The van der Waals surface area contributed by atoms with Gasteiger partial charge in [0.05, 0.1) is 12.1 Å². The Bertz CT molecular complexity index is 710. The maximum Gasteiger partial charge on any atom is 0.416 e. The Morgan fingerprint density at radius 3 is 2.24 bits per heavy atom. The molecule has 0 bridgehead atoms. The molecule has 1 aliphatic rings. The molecule has 0 spiro atoms. The van der Waals surface area contributed by atoms with Crippen LogP contribution >= 0.6 is 0 Å². The van der Waals surface area contributed by atoms with Gasteiger partial charge in [-0.05, 0) is 42.7 Å². The molecule has 1 aliphatic carbocycles. The summed E-state index contributed by atoms with van der Waals surface area (Å²) in [4.78, 5) is 14.2. The van der Waals surface area contributed by atoms with Gasteiger partial charge < -0.3 is 5.32 Å². The Labute approximate surface area is 144 Å². The number of benzene rings is 2. The van der Waals surface area contributed by atoms with Gasteiger partial charge in [-0.15, -0.1) is 0 Å². The normalized spacial score (nSPS) is 14.6. The van der Waals surface area contributed by atoms with E-state index in [0.29, 0.717) is 12.6 Å². The number of nitrogens with one attached hydrogen (secondary N) is 1. The number of alkyl halides is 3. The monoisotopic (exact) mass is 348 g/mol. The molecule has 0 aromatic heterocycles. The van der Waals surface area contributed by atoms with Crippen LogP contribution in [0.4, 0.5) is 18.9 Å².